The molecule has 20 heavy (non-hydrogen) atoms. The first-order valence-electron chi connectivity index (χ1n) is 5.91. The number of aromatic carboxylic acids is 1. The van der Waals surface area contributed by atoms with Crippen LogP contribution in [0.3, 0.4) is 0 Å². The molecular formula is C15H12ClNO3. The molecule has 1 heterocycles. The average Bonchev–Trinajstić information content (AvgIpc) is 2.44. The van der Waals surface area contributed by atoms with Crippen LogP contribution in [0, 0.1) is 0 Å². The second-order valence-corrected chi connectivity index (χ2v) is 4.30. The summed E-state index contributed by atoms with van der Waals surface area (Å²) in [7, 11) is 0. The highest BCUT2D eigenvalue weighted by atomic mass is 35.5. The molecule has 1 aromatic carbocycles. The number of hydrogen-bond acceptors (Lipinski definition) is 3. The Kier molecular flexibility index (Phi) is 4.74. The molecule has 0 saturated carbocycles. The van der Waals surface area contributed by atoms with Crippen LogP contribution < -0.4 is 4.74 Å². The van der Waals surface area contributed by atoms with E-state index in [-0.39, 0.29) is 23.2 Å². The molecule has 1 aromatic heterocycles. The van der Waals surface area contributed by atoms with E-state index >= 15 is 0 Å². The highest BCUT2D eigenvalue weighted by molar-refractivity contribution is 6.29. The largest absolute Gasteiger partial charge is 0.477 e. The molecule has 0 aliphatic heterocycles. The molecule has 5 heteroatoms. The van der Waals surface area contributed by atoms with E-state index in [2.05, 4.69) is 4.98 Å². The third-order valence-corrected chi connectivity index (χ3v) is 2.69. The minimum Gasteiger partial charge on any atom is -0.477 e. The average molecular weight is 290 g/mol. The van der Waals surface area contributed by atoms with Crippen LogP contribution in [-0.2, 0) is 0 Å². The van der Waals surface area contributed by atoms with E-state index in [0.29, 0.717) is 0 Å². The zero-order valence-electron chi connectivity index (χ0n) is 10.5. The van der Waals surface area contributed by atoms with Crippen molar-refractivity contribution in [1.29, 1.82) is 0 Å². The van der Waals surface area contributed by atoms with Crippen molar-refractivity contribution in [2.24, 2.45) is 0 Å². The summed E-state index contributed by atoms with van der Waals surface area (Å²) in [4.78, 5) is 14.9. The van der Waals surface area contributed by atoms with Crippen LogP contribution in [0.1, 0.15) is 15.9 Å². The van der Waals surface area contributed by atoms with Gasteiger partial charge in [-0.2, -0.15) is 0 Å². The lowest BCUT2D eigenvalue weighted by atomic mass is 10.2. The van der Waals surface area contributed by atoms with Gasteiger partial charge in [0.25, 0.3) is 0 Å². The van der Waals surface area contributed by atoms with Gasteiger partial charge in [0, 0.05) is 0 Å². The maximum Gasteiger partial charge on any atom is 0.341 e. The van der Waals surface area contributed by atoms with Gasteiger partial charge >= 0.3 is 5.97 Å². The number of carboxylic acids is 1. The van der Waals surface area contributed by atoms with Gasteiger partial charge in [-0.15, -0.1) is 0 Å². The Bertz CT molecular complexity index is 626. The standard InChI is InChI=1S/C15H12ClNO3/c16-13-9-8-12(15(18)19)14(17-13)20-10-4-7-11-5-2-1-3-6-11/h1-9H,10H2,(H,18,19). The number of ether oxygens (including phenoxy) is 1. The van der Waals surface area contributed by atoms with Crippen molar-refractivity contribution < 1.29 is 14.6 Å². The van der Waals surface area contributed by atoms with Crippen LogP contribution in [0.2, 0.25) is 5.15 Å². The van der Waals surface area contributed by atoms with Gasteiger partial charge in [-0.1, -0.05) is 48.0 Å². The minimum absolute atomic E-state index is 0.0116. The normalized spacial score (nSPS) is 10.7. The molecule has 0 radical (unpaired) electrons. The second kappa shape index (κ2) is 6.73. The molecule has 0 aliphatic rings. The second-order valence-electron chi connectivity index (χ2n) is 3.92. The molecule has 0 unspecified atom stereocenters. The van der Waals surface area contributed by atoms with Gasteiger partial charge in [0.1, 0.15) is 17.3 Å². The van der Waals surface area contributed by atoms with E-state index in [4.69, 9.17) is 21.4 Å². The smallest absolute Gasteiger partial charge is 0.341 e. The van der Waals surface area contributed by atoms with Crippen LogP contribution in [-0.4, -0.2) is 22.7 Å². The van der Waals surface area contributed by atoms with Crippen molar-refractivity contribution in [2.75, 3.05) is 6.61 Å². The Morgan fingerprint density at radius 2 is 2.00 bits per heavy atom. The van der Waals surface area contributed by atoms with E-state index in [1.807, 2.05) is 36.4 Å². The molecule has 0 atom stereocenters. The molecule has 0 saturated heterocycles. The molecule has 1 N–H and O–H groups in total. The fraction of sp³-hybridized carbons (Fsp3) is 0.0667. The predicted molar refractivity (Wildman–Crippen MR) is 77.2 cm³/mol. The summed E-state index contributed by atoms with van der Waals surface area (Å²) in [5.41, 5.74) is 1.02. The Morgan fingerprint density at radius 3 is 2.70 bits per heavy atom. The lowest BCUT2D eigenvalue weighted by molar-refractivity contribution is 0.0692. The van der Waals surface area contributed by atoms with Crippen LogP contribution in [0.4, 0.5) is 0 Å². The van der Waals surface area contributed by atoms with Gasteiger partial charge in [-0.05, 0) is 23.8 Å². The predicted octanol–water partition coefficient (Wildman–Crippen LogP) is 3.53. The Hall–Kier alpha value is -2.33. The van der Waals surface area contributed by atoms with Crippen molar-refractivity contribution in [2.45, 2.75) is 0 Å². The van der Waals surface area contributed by atoms with Crippen molar-refractivity contribution in [3.8, 4) is 5.88 Å². The Morgan fingerprint density at radius 1 is 1.25 bits per heavy atom. The van der Waals surface area contributed by atoms with Crippen molar-refractivity contribution in [3.63, 3.8) is 0 Å². The number of carbonyl (C=O) groups is 1. The molecular weight excluding hydrogens is 278 g/mol. The molecule has 0 spiro atoms. The number of nitrogens with zero attached hydrogens (tertiary/aromatic N) is 1. The van der Waals surface area contributed by atoms with E-state index in [1.54, 1.807) is 6.08 Å². The van der Waals surface area contributed by atoms with Crippen molar-refractivity contribution in [3.05, 3.63) is 64.8 Å². The molecule has 0 bridgehead atoms. The van der Waals surface area contributed by atoms with E-state index in [0.717, 1.165) is 5.56 Å². The topological polar surface area (TPSA) is 59.4 Å². The molecule has 4 nitrogen and oxygen atoms in total. The SMILES string of the molecule is O=C(O)c1ccc(Cl)nc1OCC=Cc1ccccc1. The van der Waals surface area contributed by atoms with Gasteiger partial charge in [-0.25, -0.2) is 9.78 Å². The lowest BCUT2D eigenvalue weighted by Gasteiger charge is -2.05. The fourth-order valence-electron chi connectivity index (χ4n) is 1.57. The summed E-state index contributed by atoms with van der Waals surface area (Å²) >= 11 is 5.73. The van der Waals surface area contributed by atoms with Gasteiger partial charge in [0.05, 0.1) is 0 Å². The zero-order valence-corrected chi connectivity index (χ0v) is 11.2. The minimum atomic E-state index is -1.10. The monoisotopic (exact) mass is 289 g/mol. The van der Waals surface area contributed by atoms with Gasteiger partial charge in [0.2, 0.25) is 5.88 Å². The summed E-state index contributed by atoms with van der Waals surface area (Å²) < 4.78 is 5.34. The highest BCUT2D eigenvalue weighted by Gasteiger charge is 2.12. The number of benzene rings is 1. The number of aromatic nitrogens is 1. The molecule has 2 rings (SSSR count). The molecule has 2 aromatic rings. The van der Waals surface area contributed by atoms with E-state index in [1.165, 1.54) is 12.1 Å². The number of pyridine rings is 1. The number of hydrogen-bond donors (Lipinski definition) is 1. The molecule has 0 aliphatic carbocycles. The van der Waals surface area contributed by atoms with Crippen molar-refractivity contribution >= 4 is 23.6 Å². The number of halogens is 1. The van der Waals surface area contributed by atoms with E-state index < -0.39 is 5.97 Å². The zero-order chi connectivity index (χ0) is 14.4. The van der Waals surface area contributed by atoms with Crippen LogP contribution in [0.25, 0.3) is 6.08 Å². The first kappa shape index (κ1) is 14.1. The van der Waals surface area contributed by atoms with Crippen LogP contribution in [0.5, 0.6) is 5.88 Å². The van der Waals surface area contributed by atoms with Crippen molar-refractivity contribution in [1.82, 2.24) is 4.98 Å². The summed E-state index contributed by atoms with van der Waals surface area (Å²) in [6.07, 6.45) is 3.66. The molecule has 102 valence electrons. The van der Waals surface area contributed by atoms with Gasteiger partial charge in [0.15, 0.2) is 0 Å². The number of rotatable bonds is 5. The maximum absolute atomic E-state index is 11.0. The summed E-state index contributed by atoms with van der Waals surface area (Å²) in [6.45, 7) is 0.211. The first-order valence-corrected chi connectivity index (χ1v) is 6.29. The summed E-state index contributed by atoms with van der Waals surface area (Å²) in [5, 5.41) is 9.20. The van der Waals surface area contributed by atoms with Crippen LogP contribution >= 0.6 is 11.6 Å². The Labute approximate surface area is 121 Å². The molecule has 0 amide bonds. The van der Waals surface area contributed by atoms with Crippen LogP contribution in [0.15, 0.2) is 48.5 Å². The van der Waals surface area contributed by atoms with Gasteiger partial charge < -0.3 is 9.84 Å². The maximum atomic E-state index is 11.0. The lowest BCUT2D eigenvalue weighted by Crippen LogP contribution is -2.05. The third-order valence-electron chi connectivity index (χ3n) is 2.48. The number of carboxylic acid groups (broad SMARTS) is 1. The first-order chi connectivity index (χ1) is 9.66. The highest BCUT2D eigenvalue weighted by Crippen LogP contribution is 2.19. The van der Waals surface area contributed by atoms with E-state index in [9.17, 15) is 4.79 Å². The molecule has 0 fully saturated rings. The fourth-order valence-corrected chi connectivity index (χ4v) is 1.71. The summed E-state index contributed by atoms with van der Waals surface area (Å²) in [6, 6.07) is 12.5. The third kappa shape index (κ3) is 3.83. The van der Waals surface area contributed by atoms with Gasteiger partial charge in [-0.3, -0.25) is 0 Å². The summed E-state index contributed by atoms with van der Waals surface area (Å²) in [5.74, 6) is -1.08. The Balaban J connectivity index is 2.02. The quantitative estimate of drug-likeness (QED) is 0.856.